The van der Waals surface area contributed by atoms with Gasteiger partial charge in [0.2, 0.25) is 11.8 Å². The molecule has 10 heteroatoms. The second kappa shape index (κ2) is 11.7. The minimum absolute atomic E-state index is 0.0503. The van der Waals surface area contributed by atoms with Crippen molar-refractivity contribution < 1.29 is 22.4 Å². The molecule has 9 nitrogen and oxygen atoms in total. The SMILES string of the molecule is Cc1ccc([C@@H]2C[C@H]2NCCC[C@H](NC(=O)c2ccc(-c3ncco3)cc2)C(=O)N2CCS(=O)(=O)CC2)cc1. The van der Waals surface area contributed by atoms with Gasteiger partial charge in [-0.25, -0.2) is 13.4 Å². The van der Waals surface area contributed by atoms with Gasteiger partial charge in [-0.1, -0.05) is 29.8 Å². The maximum absolute atomic E-state index is 13.4. The van der Waals surface area contributed by atoms with Crippen LogP contribution < -0.4 is 10.6 Å². The lowest BCUT2D eigenvalue weighted by Gasteiger charge is -2.30. The van der Waals surface area contributed by atoms with Crippen molar-refractivity contribution in [3.05, 3.63) is 77.7 Å². The first-order valence-electron chi connectivity index (χ1n) is 13.4. The second-order valence-corrected chi connectivity index (χ2v) is 12.7. The van der Waals surface area contributed by atoms with E-state index in [9.17, 15) is 18.0 Å². The molecule has 1 aliphatic carbocycles. The summed E-state index contributed by atoms with van der Waals surface area (Å²) in [5, 5.41) is 6.48. The summed E-state index contributed by atoms with van der Waals surface area (Å²) in [5.74, 6) is 0.279. The zero-order chi connectivity index (χ0) is 27.4. The van der Waals surface area contributed by atoms with Gasteiger partial charge in [0, 0.05) is 36.2 Å². The number of rotatable bonds is 10. The molecular formula is C29H34N4O5S. The predicted octanol–water partition coefficient (Wildman–Crippen LogP) is 2.93. The third-order valence-corrected chi connectivity index (χ3v) is 9.07. The summed E-state index contributed by atoms with van der Waals surface area (Å²) < 4.78 is 29.0. The van der Waals surface area contributed by atoms with Crippen LogP contribution in [0.5, 0.6) is 0 Å². The first-order chi connectivity index (χ1) is 18.8. The van der Waals surface area contributed by atoms with E-state index in [2.05, 4.69) is 46.8 Å². The number of hydrogen-bond donors (Lipinski definition) is 2. The average Bonchev–Trinajstić information content (AvgIpc) is 3.49. The molecule has 0 radical (unpaired) electrons. The molecule has 0 spiro atoms. The van der Waals surface area contributed by atoms with Gasteiger partial charge >= 0.3 is 0 Å². The Morgan fingerprint density at radius 3 is 2.46 bits per heavy atom. The topological polar surface area (TPSA) is 122 Å². The van der Waals surface area contributed by atoms with Crippen LogP contribution >= 0.6 is 0 Å². The predicted molar refractivity (Wildman–Crippen MR) is 148 cm³/mol. The van der Waals surface area contributed by atoms with E-state index in [4.69, 9.17) is 4.42 Å². The van der Waals surface area contributed by atoms with E-state index >= 15 is 0 Å². The van der Waals surface area contributed by atoms with E-state index in [1.807, 2.05) is 0 Å². The van der Waals surface area contributed by atoms with E-state index in [1.165, 1.54) is 17.4 Å². The van der Waals surface area contributed by atoms with E-state index in [0.717, 1.165) is 18.5 Å². The summed E-state index contributed by atoms with van der Waals surface area (Å²) >= 11 is 0. The van der Waals surface area contributed by atoms with Gasteiger partial charge in [0.1, 0.15) is 12.3 Å². The van der Waals surface area contributed by atoms with Crippen molar-refractivity contribution in [3.63, 3.8) is 0 Å². The Kier molecular flexibility index (Phi) is 8.13. The van der Waals surface area contributed by atoms with Crippen LogP contribution in [0, 0.1) is 6.92 Å². The highest BCUT2D eigenvalue weighted by atomic mass is 32.2. The number of benzene rings is 2. The molecule has 0 bridgehead atoms. The quantitative estimate of drug-likeness (QED) is 0.372. The number of carbonyl (C=O) groups excluding carboxylic acids is 2. The molecule has 1 aliphatic heterocycles. The van der Waals surface area contributed by atoms with Crippen molar-refractivity contribution in [2.75, 3.05) is 31.1 Å². The monoisotopic (exact) mass is 550 g/mol. The Bertz CT molecular complexity index is 1370. The molecule has 3 aromatic rings. The summed E-state index contributed by atoms with van der Waals surface area (Å²) in [6, 6.07) is 15.2. The molecule has 2 aromatic carbocycles. The van der Waals surface area contributed by atoms with E-state index in [1.54, 1.807) is 35.4 Å². The highest BCUT2D eigenvalue weighted by Crippen LogP contribution is 2.40. The highest BCUT2D eigenvalue weighted by molar-refractivity contribution is 7.91. The number of carbonyl (C=O) groups is 2. The lowest BCUT2D eigenvalue weighted by molar-refractivity contribution is -0.133. The summed E-state index contributed by atoms with van der Waals surface area (Å²) in [6.45, 7) is 3.11. The molecule has 1 aromatic heterocycles. The van der Waals surface area contributed by atoms with Gasteiger partial charge in [0.15, 0.2) is 9.84 Å². The standard InChI is InChI=1S/C29H34N4O5S/c1-20-4-6-21(7-5-20)24-19-26(24)30-12-2-3-25(29(35)33-14-17-39(36,37)18-15-33)32-27(34)22-8-10-23(11-9-22)28-31-13-16-38-28/h4-11,13,16,24-26,30H,2-3,12,14-15,17-19H2,1H3,(H,32,34)/t24-,25-,26+/m0/s1. The van der Waals surface area contributed by atoms with Gasteiger partial charge in [-0.2, -0.15) is 0 Å². The van der Waals surface area contributed by atoms with E-state index < -0.39 is 15.9 Å². The maximum atomic E-state index is 13.4. The zero-order valence-corrected chi connectivity index (χ0v) is 22.8. The zero-order valence-electron chi connectivity index (χ0n) is 22.0. The summed E-state index contributed by atoms with van der Waals surface area (Å²) in [7, 11) is -3.12. The Morgan fingerprint density at radius 2 is 1.79 bits per heavy atom. The molecular weight excluding hydrogens is 516 g/mol. The van der Waals surface area contributed by atoms with Gasteiger partial charge < -0.3 is 20.0 Å². The molecule has 2 heterocycles. The summed E-state index contributed by atoms with van der Waals surface area (Å²) in [4.78, 5) is 32.1. The van der Waals surface area contributed by atoms with Crippen molar-refractivity contribution >= 4 is 21.7 Å². The normalized spacial score (nSPS) is 20.8. The fourth-order valence-corrected chi connectivity index (χ4v) is 6.18. The van der Waals surface area contributed by atoms with Crippen LogP contribution in [-0.2, 0) is 14.6 Å². The fourth-order valence-electron chi connectivity index (χ4n) is 4.98. The second-order valence-electron chi connectivity index (χ2n) is 10.4. The van der Waals surface area contributed by atoms with Crippen molar-refractivity contribution in [3.8, 4) is 11.5 Å². The van der Waals surface area contributed by atoms with Crippen LogP contribution in [0.4, 0.5) is 0 Å². The smallest absolute Gasteiger partial charge is 0.251 e. The van der Waals surface area contributed by atoms with Crippen molar-refractivity contribution in [1.29, 1.82) is 0 Å². The van der Waals surface area contributed by atoms with Crippen molar-refractivity contribution in [1.82, 2.24) is 20.5 Å². The van der Waals surface area contributed by atoms with Gasteiger partial charge in [-0.3, -0.25) is 9.59 Å². The number of oxazole rings is 1. The fraction of sp³-hybridized carbons (Fsp3) is 0.414. The molecule has 2 fully saturated rings. The third kappa shape index (κ3) is 6.93. The number of aromatic nitrogens is 1. The number of sulfone groups is 1. The largest absolute Gasteiger partial charge is 0.445 e. The highest BCUT2D eigenvalue weighted by Gasteiger charge is 2.37. The minimum Gasteiger partial charge on any atom is -0.445 e. The Morgan fingerprint density at radius 1 is 1.08 bits per heavy atom. The van der Waals surface area contributed by atoms with E-state index in [0.29, 0.717) is 36.3 Å². The average molecular weight is 551 g/mol. The van der Waals surface area contributed by atoms with Gasteiger partial charge in [-0.05, 0) is 62.6 Å². The Labute approximate surface area is 228 Å². The number of nitrogens with one attached hydrogen (secondary N) is 2. The number of nitrogens with zero attached hydrogens (tertiary/aromatic N) is 2. The minimum atomic E-state index is -3.12. The van der Waals surface area contributed by atoms with Crippen LogP contribution in [-0.4, -0.2) is 73.3 Å². The maximum Gasteiger partial charge on any atom is 0.251 e. The number of aryl methyl sites for hydroxylation is 1. The van der Waals surface area contributed by atoms with Crippen LogP contribution in [0.25, 0.3) is 11.5 Å². The number of hydrogen-bond acceptors (Lipinski definition) is 7. The van der Waals surface area contributed by atoms with Gasteiger partial charge in [0.05, 0.1) is 17.7 Å². The summed E-state index contributed by atoms with van der Waals surface area (Å²) in [5.41, 5.74) is 3.75. The van der Waals surface area contributed by atoms with Crippen LogP contribution in [0.15, 0.2) is 65.4 Å². The van der Waals surface area contributed by atoms with E-state index in [-0.39, 0.29) is 36.4 Å². The molecule has 2 aliphatic rings. The Hall–Kier alpha value is -3.50. The first-order valence-corrected chi connectivity index (χ1v) is 15.2. The lowest BCUT2D eigenvalue weighted by atomic mass is 10.1. The Balaban J connectivity index is 1.18. The lowest BCUT2D eigenvalue weighted by Crippen LogP contribution is -2.53. The van der Waals surface area contributed by atoms with Gasteiger partial charge in [-0.15, -0.1) is 0 Å². The molecule has 2 N–H and O–H groups in total. The van der Waals surface area contributed by atoms with Crippen LogP contribution in [0.3, 0.4) is 0 Å². The van der Waals surface area contributed by atoms with Crippen LogP contribution in [0.2, 0.25) is 0 Å². The van der Waals surface area contributed by atoms with Crippen molar-refractivity contribution in [2.45, 2.75) is 44.2 Å². The molecule has 3 atom stereocenters. The van der Waals surface area contributed by atoms with Crippen LogP contribution in [0.1, 0.15) is 46.7 Å². The molecule has 1 saturated heterocycles. The third-order valence-electron chi connectivity index (χ3n) is 7.46. The molecule has 2 amide bonds. The molecule has 39 heavy (non-hydrogen) atoms. The molecule has 1 saturated carbocycles. The molecule has 206 valence electrons. The van der Waals surface area contributed by atoms with Gasteiger partial charge in [0.25, 0.3) is 5.91 Å². The number of amides is 2. The first kappa shape index (κ1) is 27.1. The molecule has 5 rings (SSSR count). The van der Waals surface area contributed by atoms with Crippen molar-refractivity contribution in [2.24, 2.45) is 0 Å². The molecule has 0 unspecified atom stereocenters. The summed E-state index contributed by atoms with van der Waals surface area (Å²) in [6.07, 6.45) is 5.28.